The molecule has 2 aliphatic rings. The number of hydrogen-bond acceptors (Lipinski definition) is 4. The maximum Gasteiger partial charge on any atom is 0.227 e. The number of nitrogens with one attached hydrogen (secondary N) is 2. The molecule has 0 aromatic heterocycles. The summed E-state index contributed by atoms with van der Waals surface area (Å²) in [6.07, 6.45) is 4.08. The number of nitrogens with zero attached hydrogens (tertiary/aromatic N) is 1. The van der Waals surface area contributed by atoms with Crippen molar-refractivity contribution in [2.75, 3.05) is 52.5 Å². The summed E-state index contributed by atoms with van der Waals surface area (Å²) in [4.78, 5) is 14.8. The predicted molar refractivity (Wildman–Crippen MR) is 79.7 cm³/mol. The molecule has 20 heavy (non-hydrogen) atoms. The van der Waals surface area contributed by atoms with Gasteiger partial charge in [-0.1, -0.05) is 13.3 Å². The van der Waals surface area contributed by atoms with Gasteiger partial charge in [0.2, 0.25) is 5.91 Å². The molecule has 1 atom stereocenters. The molecule has 5 nitrogen and oxygen atoms in total. The highest BCUT2D eigenvalue weighted by Crippen LogP contribution is 2.31. The minimum atomic E-state index is -0.145. The zero-order chi connectivity index (χ0) is 14.3. The molecule has 116 valence electrons. The first kappa shape index (κ1) is 15.7. The Bertz CT molecular complexity index is 297. The average molecular weight is 283 g/mol. The van der Waals surface area contributed by atoms with Gasteiger partial charge in [0, 0.05) is 26.2 Å². The molecule has 2 N–H and O–H groups in total. The molecule has 0 spiro atoms. The SMILES string of the molecule is CCCC1(C(=O)NCCCN2CCOCC2)CCNC1. The Morgan fingerprint density at radius 2 is 2.20 bits per heavy atom. The number of ether oxygens (including phenoxy) is 1. The van der Waals surface area contributed by atoms with E-state index >= 15 is 0 Å². The van der Waals surface area contributed by atoms with Crippen molar-refractivity contribution in [3.63, 3.8) is 0 Å². The van der Waals surface area contributed by atoms with Crippen molar-refractivity contribution in [3.8, 4) is 0 Å². The molecule has 2 heterocycles. The number of carbonyl (C=O) groups excluding carboxylic acids is 1. The summed E-state index contributed by atoms with van der Waals surface area (Å²) >= 11 is 0. The Labute approximate surface area is 122 Å². The molecule has 1 unspecified atom stereocenters. The van der Waals surface area contributed by atoms with Crippen LogP contribution in [0.25, 0.3) is 0 Å². The Kier molecular flexibility index (Phi) is 6.26. The molecule has 2 saturated heterocycles. The minimum absolute atomic E-state index is 0.145. The molecule has 1 amide bonds. The highest BCUT2D eigenvalue weighted by Gasteiger charge is 2.39. The van der Waals surface area contributed by atoms with Gasteiger partial charge >= 0.3 is 0 Å². The Hall–Kier alpha value is -0.650. The third-order valence-electron chi connectivity index (χ3n) is 4.49. The van der Waals surface area contributed by atoms with E-state index in [1.54, 1.807) is 0 Å². The number of rotatable bonds is 7. The van der Waals surface area contributed by atoms with Crippen LogP contribution in [0.3, 0.4) is 0 Å². The van der Waals surface area contributed by atoms with E-state index in [0.717, 1.165) is 78.2 Å². The number of hydrogen-bond donors (Lipinski definition) is 2. The van der Waals surface area contributed by atoms with Crippen molar-refractivity contribution < 1.29 is 9.53 Å². The van der Waals surface area contributed by atoms with Gasteiger partial charge in [0.25, 0.3) is 0 Å². The summed E-state index contributed by atoms with van der Waals surface area (Å²) in [6, 6.07) is 0. The summed E-state index contributed by atoms with van der Waals surface area (Å²) in [7, 11) is 0. The highest BCUT2D eigenvalue weighted by atomic mass is 16.5. The number of amides is 1. The Morgan fingerprint density at radius 1 is 1.40 bits per heavy atom. The van der Waals surface area contributed by atoms with Gasteiger partial charge in [-0.2, -0.15) is 0 Å². The third kappa shape index (κ3) is 4.17. The van der Waals surface area contributed by atoms with Crippen LogP contribution in [0.4, 0.5) is 0 Å². The van der Waals surface area contributed by atoms with E-state index in [1.807, 2.05) is 0 Å². The fraction of sp³-hybridized carbons (Fsp3) is 0.933. The zero-order valence-electron chi connectivity index (χ0n) is 12.7. The fourth-order valence-corrected chi connectivity index (χ4v) is 3.26. The lowest BCUT2D eigenvalue weighted by atomic mass is 9.81. The highest BCUT2D eigenvalue weighted by molar-refractivity contribution is 5.83. The van der Waals surface area contributed by atoms with Crippen molar-refractivity contribution in [3.05, 3.63) is 0 Å². The van der Waals surface area contributed by atoms with E-state index in [9.17, 15) is 4.79 Å². The van der Waals surface area contributed by atoms with Gasteiger partial charge in [0.15, 0.2) is 0 Å². The van der Waals surface area contributed by atoms with Crippen LogP contribution in [0.15, 0.2) is 0 Å². The maximum absolute atomic E-state index is 12.4. The second-order valence-electron chi connectivity index (χ2n) is 6.02. The minimum Gasteiger partial charge on any atom is -0.379 e. The maximum atomic E-state index is 12.4. The summed E-state index contributed by atoms with van der Waals surface area (Å²) < 4.78 is 5.33. The monoisotopic (exact) mass is 283 g/mol. The Balaban J connectivity index is 1.66. The van der Waals surface area contributed by atoms with E-state index < -0.39 is 0 Å². The standard InChI is InChI=1S/C15H29N3O2/c1-2-4-15(5-7-16-13-15)14(19)17-6-3-8-18-9-11-20-12-10-18/h16H,2-13H2,1H3,(H,17,19). The zero-order valence-corrected chi connectivity index (χ0v) is 12.7. The van der Waals surface area contributed by atoms with Crippen LogP contribution in [0.1, 0.15) is 32.6 Å². The summed E-state index contributed by atoms with van der Waals surface area (Å²) in [5.41, 5.74) is -0.145. The molecular formula is C15H29N3O2. The summed E-state index contributed by atoms with van der Waals surface area (Å²) in [5, 5.41) is 6.49. The van der Waals surface area contributed by atoms with Crippen LogP contribution in [0, 0.1) is 5.41 Å². The molecule has 5 heteroatoms. The molecule has 0 radical (unpaired) electrons. The first-order valence-corrected chi connectivity index (χ1v) is 8.06. The molecular weight excluding hydrogens is 254 g/mol. The van der Waals surface area contributed by atoms with E-state index in [0.29, 0.717) is 0 Å². The van der Waals surface area contributed by atoms with Gasteiger partial charge in [-0.3, -0.25) is 9.69 Å². The van der Waals surface area contributed by atoms with E-state index in [-0.39, 0.29) is 11.3 Å². The van der Waals surface area contributed by atoms with Crippen molar-refractivity contribution >= 4 is 5.91 Å². The predicted octanol–water partition coefficient (Wildman–Crippen LogP) is 0.605. The van der Waals surface area contributed by atoms with E-state index in [2.05, 4.69) is 22.5 Å². The molecule has 0 saturated carbocycles. The number of carbonyl (C=O) groups is 1. The second-order valence-corrected chi connectivity index (χ2v) is 6.02. The number of morpholine rings is 1. The smallest absolute Gasteiger partial charge is 0.227 e. The second kappa shape index (κ2) is 7.96. The molecule has 0 aromatic carbocycles. The van der Waals surface area contributed by atoms with Crippen LogP contribution in [-0.2, 0) is 9.53 Å². The van der Waals surface area contributed by atoms with Gasteiger partial charge in [-0.05, 0) is 32.4 Å². The van der Waals surface area contributed by atoms with Gasteiger partial charge < -0.3 is 15.4 Å². The van der Waals surface area contributed by atoms with Gasteiger partial charge in [0.05, 0.1) is 18.6 Å². The van der Waals surface area contributed by atoms with Gasteiger partial charge in [-0.25, -0.2) is 0 Å². The van der Waals surface area contributed by atoms with Gasteiger partial charge in [0.1, 0.15) is 0 Å². The first-order chi connectivity index (χ1) is 9.77. The molecule has 0 aliphatic carbocycles. The van der Waals surface area contributed by atoms with Crippen LogP contribution < -0.4 is 10.6 Å². The summed E-state index contributed by atoms with van der Waals surface area (Å²) in [5.74, 6) is 0.256. The van der Waals surface area contributed by atoms with Crippen LogP contribution in [0.2, 0.25) is 0 Å². The topological polar surface area (TPSA) is 53.6 Å². The largest absolute Gasteiger partial charge is 0.379 e. The summed E-state index contributed by atoms with van der Waals surface area (Å²) in [6.45, 7) is 9.57. The van der Waals surface area contributed by atoms with Crippen molar-refractivity contribution in [2.45, 2.75) is 32.6 Å². The molecule has 0 bridgehead atoms. The average Bonchev–Trinajstić information content (AvgIpc) is 2.95. The fourth-order valence-electron chi connectivity index (χ4n) is 3.26. The van der Waals surface area contributed by atoms with Crippen LogP contribution in [-0.4, -0.2) is 63.3 Å². The Morgan fingerprint density at radius 3 is 2.85 bits per heavy atom. The molecule has 2 aliphatic heterocycles. The van der Waals surface area contributed by atoms with E-state index in [4.69, 9.17) is 4.74 Å². The lowest BCUT2D eigenvalue weighted by Gasteiger charge is -2.28. The molecule has 2 fully saturated rings. The van der Waals surface area contributed by atoms with Crippen molar-refractivity contribution in [2.24, 2.45) is 5.41 Å². The van der Waals surface area contributed by atoms with E-state index in [1.165, 1.54) is 0 Å². The molecule has 2 rings (SSSR count). The van der Waals surface area contributed by atoms with Crippen molar-refractivity contribution in [1.29, 1.82) is 0 Å². The quantitative estimate of drug-likeness (QED) is 0.672. The van der Waals surface area contributed by atoms with Gasteiger partial charge in [-0.15, -0.1) is 0 Å². The molecule has 0 aromatic rings. The first-order valence-electron chi connectivity index (χ1n) is 8.06. The third-order valence-corrected chi connectivity index (χ3v) is 4.49. The lowest BCUT2D eigenvalue weighted by molar-refractivity contribution is -0.130. The lowest BCUT2D eigenvalue weighted by Crippen LogP contribution is -2.44. The van der Waals surface area contributed by atoms with Crippen molar-refractivity contribution in [1.82, 2.24) is 15.5 Å². The normalized spacial score (nSPS) is 27.6. The van der Waals surface area contributed by atoms with Crippen LogP contribution in [0.5, 0.6) is 0 Å². The van der Waals surface area contributed by atoms with Crippen LogP contribution >= 0.6 is 0 Å².